The van der Waals surface area contributed by atoms with E-state index in [0.29, 0.717) is 13.0 Å². The summed E-state index contributed by atoms with van der Waals surface area (Å²) < 4.78 is 33.2. The summed E-state index contributed by atoms with van der Waals surface area (Å²) in [6, 6.07) is 0. The number of allylic oxidation sites excluding steroid dienone is 10. The van der Waals surface area contributed by atoms with E-state index in [1.165, 1.54) is 25.7 Å². The number of aliphatic hydroxyl groups excluding tert-OH is 2. The number of aliphatic hydroxyl groups is 2. The molecule has 0 aromatic carbocycles. The first-order valence-corrected chi connectivity index (χ1v) is 20.3. The van der Waals surface area contributed by atoms with E-state index in [1.54, 1.807) is 0 Å². The smallest absolute Gasteiger partial charge is 0.457 e. The molecule has 0 fully saturated rings. The van der Waals surface area contributed by atoms with E-state index >= 15 is 0 Å². The van der Waals surface area contributed by atoms with Crippen LogP contribution in [-0.2, 0) is 27.9 Å². The monoisotopic (exact) mass is 712 g/mol. The number of hydrogen-bond donors (Lipinski definition) is 3. The van der Waals surface area contributed by atoms with Crippen molar-refractivity contribution in [2.24, 2.45) is 0 Å². The predicted molar refractivity (Wildman–Crippen MR) is 200 cm³/mol. The van der Waals surface area contributed by atoms with Gasteiger partial charge in [0, 0.05) is 13.0 Å². The number of unbranched alkanes of at least 4 members (excludes halogenated alkanes) is 11. The number of rotatable bonds is 35. The van der Waals surface area contributed by atoms with Crippen molar-refractivity contribution in [2.75, 3.05) is 33.0 Å². The largest absolute Gasteiger partial charge is 0.472 e. The molecule has 3 unspecified atom stereocenters. The second-order valence-corrected chi connectivity index (χ2v) is 13.7. The first-order valence-electron chi connectivity index (χ1n) is 18.8. The number of phosphoric acid groups is 1. The van der Waals surface area contributed by atoms with Gasteiger partial charge in [0.2, 0.25) is 0 Å². The Morgan fingerprint density at radius 1 is 0.653 bits per heavy atom. The van der Waals surface area contributed by atoms with Gasteiger partial charge >= 0.3 is 13.8 Å². The fraction of sp³-hybridized carbons (Fsp3) is 0.718. The number of carbonyl (C=O) groups is 1. The minimum Gasteiger partial charge on any atom is -0.457 e. The molecular formula is C39H69O9P. The quantitative estimate of drug-likeness (QED) is 0.0254. The third-order valence-electron chi connectivity index (χ3n) is 7.42. The Bertz CT molecular complexity index is 945. The highest BCUT2D eigenvalue weighted by Gasteiger charge is 2.26. The second-order valence-electron chi connectivity index (χ2n) is 12.2. The van der Waals surface area contributed by atoms with Crippen LogP contribution in [0.3, 0.4) is 0 Å². The van der Waals surface area contributed by atoms with Gasteiger partial charge in [0.1, 0.15) is 12.2 Å². The van der Waals surface area contributed by atoms with Crippen molar-refractivity contribution in [1.82, 2.24) is 0 Å². The maximum atomic E-state index is 12.5. The molecular weight excluding hydrogens is 643 g/mol. The van der Waals surface area contributed by atoms with Crippen LogP contribution in [0.1, 0.15) is 136 Å². The lowest BCUT2D eigenvalue weighted by atomic mass is 10.1. The number of hydrogen-bond acceptors (Lipinski definition) is 8. The Hall–Kier alpha value is -1.84. The van der Waals surface area contributed by atoms with E-state index in [9.17, 15) is 19.4 Å². The van der Waals surface area contributed by atoms with Crippen LogP contribution in [0.15, 0.2) is 60.8 Å². The fourth-order valence-corrected chi connectivity index (χ4v) is 5.37. The lowest BCUT2D eigenvalue weighted by Gasteiger charge is -2.20. The standard InChI is InChI=1S/C39H69O9P/c1-3-5-7-9-11-13-15-16-17-18-19-20-21-23-25-27-29-31-39(42)48-38(36-47-49(43,44)46-34-37(41)33-40)35-45-32-30-28-26-24-22-14-12-10-8-6-4-2/h5,7-8,10-11,13,16-17,19-20,37-38,40-41H,3-4,6,9,12,14-15,18,21-36H2,1-2H3,(H,43,44)/b7-5-,10-8-,13-11-,17-16-,20-19-. The molecule has 0 heterocycles. The van der Waals surface area contributed by atoms with Gasteiger partial charge in [0.05, 0.1) is 26.4 Å². The van der Waals surface area contributed by atoms with Gasteiger partial charge in [-0.25, -0.2) is 4.57 Å². The highest BCUT2D eigenvalue weighted by Crippen LogP contribution is 2.43. The van der Waals surface area contributed by atoms with Gasteiger partial charge in [-0.1, -0.05) is 120 Å². The van der Waals surface area contributed by atoms with Gasteiger partial charge in [0.15, 0.2) is 0 Å². The molecule has 284 valence electrons. The Morgan fingerprint density at radius 2 is 1.16 bits per heavy atom. The molecule has 0 radical (unpaired) electrons. The van der Waals surface area contributed by atoms with Crippen LogP contribution in [0.4, 0.5) is 0 Å². The Morgan fingerprint density at radius 3 is 1.78 bits per heavy atom. The molecule has 0 aliphatic carbocycles. The molecule has 0 bridgehead atoms. The average molecular weight is 713 g/mol. The molecule has 3 N–H and O–H groups in total. The van der Waals surface area contributed by atoms with Gasteiger partial charge in [0.25, 0.3) is 0 Å². The summed E-state index contributed by atoms with van der Waals surface area (Å²) in [6.45, 7) is 3.27. The van der Waals surface area contributed by atoms with Crippen molar-refractivity contribution in [3.05, 3.63) is 60.8 Å². The highest BCUT2D eigenvalue weighted by atomic mass is 31.2. The van der Waals surface area contributed by atoms with E-state index in [4.69, 9.17) is 23.6 Å². The lowest BCUT2D eigenvalue weighted by molar-refractivity contribution is -0.154. The molecule has 0 saturated heterocycles. The van der Waals surface area contributed by atoms with Crippen LogP contribution in [0.25, 0.3) is 0 Å². The normalized spacial score (nSPS) is 15.0. The lowest BCUT2D eigenvalue weighted by Crippen LogP contribution is -2.29. The number of esters is 1. The molecule has 10 heteroatoms. The number of ether oxygens (including phenoxy) is 2. The van der Waals surface area contributed by atoms with Gasteiger partial charge in [-0.15, -0.1) is 0 Å². The SMILES string of the molecule is CC/C=C\C/C=C\C/C=C\C/C=C\CCCCCCC(=O)OC(COCCCCCCCC/C=C\CCC)COP(=O)(O)OCC(O)CO. The summed E-state index contributed by atoms with van der Waals surface area (Å²) in [6.07, 6.45) is 38.9. The maximum absolute atomic E-state index is 12.5. The summed E-state index contributed by atoms with van der Waals surface area (Å²) >= 11 is 0. The van der Waals surface area contributed by atoms with Gasteiger partial charge in [-0.2, -0.15) is 0 Å². The molecule has 0 spiro atoms. The first kappa shape index (κ1) is 47.2. The van der Waals surface area contributed by atoms with Gasteiger partial charge < -0.3 is 24.6 Å². The predicted octanol–water partition coefficient (Wildman–Crippen LogP) is 9.63. The van der Waals surface area contributed by atoms with Crippen LogP contribution < -0.4 is 0 Å². The molecule has 0 saturated carbocycles. The van der Waals surface area contributed by atoms with Crippen LogP contribution >= 0.6 is 7.82 Å². The molecule has 0 aromatic heterocycles. The van der Waals surface area contributed by atoms with Crippen molar-refractivity contribution in [2.45, 2.75) is 148 Å². The van der Waals surface area contributed by atoms with Gasteiger partial charge in [-0.05, 0) is 70.6 Å². The summed E-state index contributed by atoms with van der Waals surface area (Å²) in [4.78, 5) is 22.5. The molecule has 9 nitrogen and oxygen atoms in total. The topological polar surface area (TPSA) is 132 Å². The Labute approximate surface area is 298 Å². The van der Waals surface area contributed by atoms with Crippen molar-refractivity contribution in [3.63, 3.8) is 0 Å². The second kappa shape index (κ2) is 36.0. The van der Waals surface area contributed by atoms with E-state index < -0.39 is 45.8 Å². The third kappa shape index (κ3) is 35.8. The zero-order chi connectivity index (χ0) is 36.1. The molecule has 0 aromatic rings. The first-order chi connectivity index (χ1) is 23.8. The van der Waals surface area contributed by atoms with Crippen LogP contribution in [-0.4, -0.2) is 66.3 Å². The maximum Gasteiger partial charge on any atom is 0.472 e. The molecule has 49 heavy (non-hydrogen) atoms. The third-order valence-corrected chi connectivity index (χ3v) is 8.37. The molecule has 0 aliphatic heterocycles. The highest BCUT2D eigenvalue weighted by molar-refractivity contribution is 7.47. The summed E-state index contributed by atoms with van der Waals surface area (Å²) in [5.74, 6) is -0.412. The summed E-state index contributed by atoms with van der Waals surface area (Å²) in [5, 5.41) is 18.3. The average Bonchev–Trinajstić information content (AvgIpc) is 3.09. The fourth-order valence-electron chi connectivity index (χ4n) is 4.58. The molecule has 0 aliphatic rings. The molecule has 0 rings (SSSR count). The van der Waals surface area contributed by atoms with Crippen molar-refractivity contribution in [3.8, 4) is 0 Å². The number of carbonyl (C=O) groups excluding carboxylic acids is 1. The zero-order valence-electron chi connectivity index (χ0n) is 30.6. The van der Waals surface area contributed by atoms with Crippen LogP contribution in [0, 0.1) is 0 Å². The Balaban J connectivity index is 4.30. The summed E-state index contributed by atoms with van der Waals surface area (Å²) in [7, 11) is -4.52. The van der Waals surface area contributed by atoms with E-state index in [1.807, 2.05) is 0 Å². The van der Waals surface area contributed by atoms with Crippen molar-refractivity contribution in [1.29, 1.82) is 0 Å². The zero-order valence-corrected chi connectivity index (χ0v) is 31.5. The number of phosphoric ester groups is 1. The van der Waals surface area contributed by atoms with Crippen LogP contribution in [0.2, 0.25) is 0 Å². The van der Waals surface area contributed by atoms with E-state index in [2.05, 4.69) is 74.6 Å². The van der Waals surface area contributed by atoms with E-state index in [-0.39, 0.29) is 13.0 Å². The minimum atomic E-state index is -4.52. The van der Waals surface area contributed by atoms with E-state index in [0.717, 1.165) is 83.5 Å². The van der Waals surface area contributed by atoms with Crippen molar-refractivity contribution < 1.29 is 43.0 Å². The van der Waals surface area contributed by atoms with Gasteiger partial charge in [-0.3, -0.25) is 13.8 Å². The van der Waals surface area contributed by atoms with Crippen LogP contribution in [0.5, 0.6) is 0 Å². The molecule has 3 atom stereocenters. The Kier molecular flexibility index (Phi) is 34.6. The van der Waals surface area contributed by atoms with Crippen molar-refractivity contribution >= 4 is 13.8 Å². The molecule has 0 amide bonds. The summed E-state index contributed by atoms with van der Waals surface area (Å²) in [5.41, 5.74) is 0. The minimum absolute atomic E-state index is 0.0317.